The Morgan fingerprint density at radius 3 is 1.12 bits per heavy atom. The summed E-state index contributed by atoms with van der Waals surface area (Å²) < 4.78 is 6.12. The molecule has 4 nitrogen and oxygen atoms in total. The molecule has 0 N–H and O–H groups in total. The van der Waals surface area contributed by atoms with Gasteiger partial charge in [-0.2, -0.15) is 0 Å². The Bertz CT molecular complexity index is 603. The summed E-state index contributed by atoms with van der Waals surface area (Å²) in [5, 5.41) is 0. The third-order valence-corrected chi connectivity index (χ3v) is 10.4. The maximum atomic E-state index is 12.8. The van der Waals surface area contributed by atoms with E-state index in [1.54, 1.807) is 0 Å². The minimum absolute atomic E-state index is 0.0661. The van der Waals surface area contributed by atoms with Crippen molar-refractivity contribution in [1.82, 2.24) is 9.80 Å². The summed E-state index contributed by atoms with van der Waals surface area (Å²) in [7, 11) is 4.38. The van der Waals surface area contributed by atoms with Crippen LogP contribution in [-0.4, -0.2) is 62.1 Å². The predicted molar refractivity (Wildman–Crippen MR) is 214 cm³/mol. The third-order valence-electron chi connectivity index (χ3n) is 10.4. The topological polar surface area (TPSA) is 32.8 Å². The molecule has 0 bridgehead atoms. The van der Waals surface area contributed by atoms with E-state index in [-0.39, 0.29) is 12.1 Å². The molecule has 0 heterocycles. The largest absolute Gasteiger partial charge is 0.462 e. The molecule has 0 rings (SSSR count). The fraction of sp³-hybridized carbons (Fsp3) is 0.977. The molecular weight excluding hydrogens is 588 g/mol. The van der Waals surface area contributed by atoms with Gasteiger partial charge in [0.15, 0.2) is 0 Å². The Kier molecular flexibility index (Phi) is 38.7. The first-order chi connectivity index (χ1) is 23.5. The van der Waals surface area contributed by atoms with Gasteiger partial charge in [0, 0.05) is 19.5 Å². The summed E-state index contributed by atoms with van der Waals surface area (Å²) in [4.78, 5) is 17.9. The maximum Gasteiger partial charge on any atom is 0.306 e. The van der Waals surface area contributed by atoms with Crippen LogP contribution in [0.4, 0.5) is 0 Å². The molecule has 288 valence electrons. The van der Waals surface area contributed by atoms with Crippen molar-refractivity contribution in [3.05, 3.63) is 0 Å². The summed E-state index contributed by atoms with van der Waals surface area (Å²) >= 11 is 0. The summed E-state index contributed by atoms with van der Waals surface area (Å²) in [5.41, 5.74) is 0. The van der Waals surface area contributed by atoms with E-state index in [2.05, 4.69) is 44.7 Å². The number of hydrogen-bond donors (Lipinski definition) is 0. The molecule has 0 aromatic heterocycles. The molecule has 0 aliphatic carbocycles. The molecule has 0 radical (unpaired) electrons. The van der Waals surface area contributed by atoms with Gasteiger partial charge >= 0.3 is 5.97 Å². The van der Waals surface area contributed by atoms with Crippen LogP contribution < -0.4 is 0 Å². The SMILES string of the molecule is CCCCCCCCCCCC(CCCCCCCCCCC)OC(=O)CCCCCCCN(CCCCCCCCC)CCN(C)C. The van der Waals surface area contributed by atoms with Crippen molar-refractivity contribution in [3.63, 3.8) is 0 Å². The van der Waals surface area contributed by atoms with Crippen molar-refractivity contribution in [2.45, 2.75) is 239 Å². The standard InChI is InChI=1S/C44H90N2O2/c1-6-9-12-15-18-20-22-26-31-36-43(37-32-27-23-21-19-16-13-10-7-2)48-44(47)38-33-28-25-30-35-40-46(42-41-45(4)5)39-34-29-24-17-14-11-8-3/h43H,6-42H2,1-5H3. The lowest BCUT2D eigenvalue weighted by molar-refractivity contribution is -0.150. The maximum absolute atomic E-state index is 12.8. The molecule has 0 saturated heterocycles. The highest BCUT2D eigenvalue weighted by atomic mass is 16.5. The molecule has 4 heteroatoms. The molecule has 48 heavy (non-hydrogen) atoms. The lowest BCUT2D eigenvalue weighted by Crippen LogP contribution is -2.33. The Morgan fingerprint density at radius 1 is 0.417 bits per heavy atom. The molecule has 0 atom stereocenters. The molecule has 0 fully saturated rings. The molecule has 0 spiro atoms. The van der Waals surface area contributed by atoms with Crippen molar-refractivity contribution in [2.24, 2.45) is 0 Å². The molecule has 0 unspecified atom stereocenters. The van der Waals surface area contributed by atoms with Crippen molar-refractivity contribution in [3.8, 4) is 0 Å². The van der Waals surface area contributed by atoms with Crippen LogP contribution in [0.15, 0.2) is 0 Å². The Morgan fingerprint density at radius 2 is 0.750 bits per heavy atom. The Balaban J connectivity index is 4.27. The minimum Gasteiger partial charge on any atom is -0.462 e. The van der Waals surface area contributed by atoms with Crippen molar-refractivity contribution < 1.29 is 9.53 Å². The van der Waals surface area contributed by atoms with Gasteiger partial charge in [-0.05, 0) is 72.1 Å². The first-order valence-corrected chi connectivity index (χ1v) is 22.1. The number of carbonyl (C=O) groups excluding carboxylic acids is 1. The van der Waals surface area contributed by atoms with Crippen LogP contribution in [-0.2, 0) is 9.53 Å². The zero-order valence-corrected chi connectivity index (χ0v) is 34.0. The van der Waals surface area contributed by atoms with E-state index in [4.69, 9.17) is 4.74 Å². The first kappa shape index (κ1) is 47.4. The number of unbranched alkanes of at least 4 members (excludes halogenated alkanes) is 26. The second-order valence-corrected chi connectivity index (χ2v) is 15.6. The molecule has 0 saturated carbocycles. The van der Waals surface area contributed by atoms with Crippen LogP contribution in [0.1, 0.15) is 233 Å². The van der Waals surface area contributed by atoms with Crippen LogP contribution in [0.5, 0.6) is 0 Å². The fourth-order valence-electron chi connectivity index (χ4n) is 6.98. The van der Waals surface area contributed by atoms with E-state index in [0.29, 0.717) is 6.42 Å². The zero-order valence-electron chi connectivity index (χ0n) is 34.0. The summed E-state index contributed by atoms with van der Waals surface area (Å²) in [6.07, 6.45) is 42.9. The minimum atomic E-state index is 0.0661. The van der Waals surface area contributed by atoms with Gasteiger partial charge in [0.05, 0.1) is 0 Å². The highest BCUT2D eigenvalue weighted by Gasteiger charge is 2.14. The summed E-state index contributed by atoms with van der Waals surface area (Å²) in [5.74, 6) is 0.0661. The van der Waals surface area contributed by atoms with Crippen molar-refractivity contribution in [2.75, 3.05) is 40.3 Å². The van der Waals surface area contributed by atoms with Crippen molar-refractivity contribution >= 4 is 5.97 Å². The van der Waals surface area contributed by atoms with Crippen LogP contribution >= 0.6 is 0 Å². The van der Waals surface area contributed by atoms with Gasteiger partial charge < -0.3 is 14.5 Å². The average Bonchev–Trinajstić information content (AvgIpc) is 3.07. The first-order valence-electron chi connectivity index (χ1n) is 22.1. The number of carbonyl (C=O) groups is 1. The number of rotatable bonds is 40. The van der Waals surface area contributed by atoms with Gasteiger partial charge in [-0.1, -0.05) is 181 Å². The van der Waals surface area contributed by atoms with E-state index < -0.39 is 0 Å². The summed E-state index contributed by atoms with van der Waals surface area (Å²) in [6, 6.07) is 0. The highest BCUT2D eigenvalue weighted by molar-refractivity contribution is 5.69. The van der Waals surface area contributed by atoms with E-state index in [1.807, 2.05) is 0 Å². The molecule has 0 aromatic carbocycles. The number of hydrogen-bond acceptors (Lipinski definition) is 4. The van der Waals surface area contributed by atoms with E-state index in [9.17, 15) is 4.79 Å². The number of nitrogens with zero attached hydrogens (tertiary/aromatic N) is 2. The van der Waals surface area contributed by atoms with Crippen molar-refractivity contribution in [1.29, 1.82) is 0 Å². The fourth-order valence-corrected chi connectivity index (χ4v) is 6.98. The lowest BCUT2D eigenvalue weighted by Gasteiger charge is -2.24. The van der Waals surface area contributed by atoms with Crippen LogP contribution in [0.25, 0.3) is 0 Å². The van der Waals surface area contributed by atoms with Crippen LogP contribution in [0.2, 0.25) is 0 Å². The smallest absolute Gasteiger partial charge is 0.306 e. The molecule has 0 aliphatic rings. The number of likely N-dealkylation sites (N-methyl/N-ethyl adjacent to an activating group) is 1. The monoisotopic (exact) mass is 679 g/mol. The van der Waals surface area contributed by atoms with Gasteiger partial charge in [-0.15, -0.1) is 0 Å². The predicted octanol–water partition coefficient (Wildman–Crippen LogP) is 13.7. The van der Waals surface area contributed by atoms with E-state index in [1.165, 1.54) is 199 Å². The number of ether oxygens (including phenoxy) is 1. The van der Waals surface area contributed by atoms with Gasteiger partial charge in [-0.3, -0.25) is 4.79 Å². The van der Waals surface area contributed by atoms with Gasteiger partial charge in [-0.25, -0.2) is 0 Å². The quantitative estimate of drug-likeness (QED) is 0.0477. The second kappa shape index (κ2) is 39.2. The second-order valence-electron chi connectivity index (χ2n) is 15.6. The normalized spacial score (nSPS) is 11.8. The molecular formula is C44H90N2O2. The molecule has 0 aromatic rings. The zero-order chi connectivity index (χ0) is 35.2. The Hall–Kier alpha value is -0.610. The highest BCUT2D eigenvalue weighted by Crippen LogP contribution is 2.19. The van der Waals surface area contributed by atoms with Crippen LogP contribution in [0, 0.1) is 0 Å². The third kappa shape index (κ3) is 36.7. The van der Waals surface area contributed by atoms with E-state index >= 15 is 0 Å². The van der Waals surface area contributed by atoms with Gasteiger partial charge in [0.1, 0.15) is 6.10 Å². The lowest BCUT2D eigenvalue weighted by atomic mass is 10.0. The average molecular weight is 679 g/mol. The van der Waals surface area contributed by atoms with Gasteiger partial charge in [0.25, 0.3) is 0 Å². The molecule has 0 amide bonds. The van der Waals surface area contributed by atoms with Crippen LogP contribution in [0.3, 0.4) is 0 Å². The van der Waals surface area contributed by atoms with Gasteiger partial charge in [0.2, 0.25) is 0 Å². The summed E-state index contributed by atoms with van der Waals surface area (Å²) in [6.45, 7) is 11.7. The molecule has 0 aliphatic heterocycles. The van der Waals surface area contributed by atoms with E-state index in [0.717, 1.165) is 32.2 Å². The number of esters is 1. The Labute approximate surface area is 303 Å².